The number of nitrogens with zero attached hydrogens (tertiary/aromatic N) is 3. The minimum absolute atomic E-state index is 0.00391. The number of ether oxygens (including phenoxy) is 1. The third-order valence-electron chi connectivity index (χ3n) is 4.96. The Kier molecular flexibility index (Phi) is 6.68. The Balaban J connectivity index is 1.41. The number of nitrogens with one attached hydrogen (secondary N) is 1. The van der Waals surface area contributed by atoms with Crippen molar-refractivity contribution >= 4 is 23.4 Å². The number of fused-ring (bicyclic) bond motifs is 1. The lowest BCUT2D eigenvalue weighted by Gasteiger charge is -2.14. The van der Waals surface area contributed by atoms with Gasteiger partial charge >= 0.3 is 12.1 Å². The quantitative estimate of drug-likeness (QED) is 0.412. The summed E-state index contributed by atoms with van der Waals surface area (Å²) in [6.45, 7) is 0.342. The molecule has 0 bridgehead atoms. The third-order valence-corrected chi connectivity index (χ3v) is 5.98. The number of hydrogen-bond acceptors (Lipinski definition) is 6. The number of aromatic nitrogens is 3. The van der Waals surface area contributed by atoms with Crippen LogP contribution >= 0.6 is 11.8 Å². The molecule has 4 rings (SSSR count). The van der Waals surface area contributed by atoms with Gasteiger partial charge in [0.25, 0.3) is 0 Å². The molecular weight excluding hydrogens is 457 g/mol. The summed E-state index contributed by atoms with van der Waals surface area (Å²) in [4.78, 5) is 33.5. The molecule has 11 heteroatoms. The molecule has 0 saturated carbocycles. The summed E-state index contributed by atoms with van der Waals surface area (Å²) in [5.74, 6) is -0.735. The monoisotopic (exact) mass is 476 g/mol. The highest BCUT2D eigenvalue weighted by Gasteiger charge is 2.31. The molecule has 3 aromatic rings. The molecule has 1 N–H and O–H groups in total. The van der Waals surface area contributed by atoms with Crippen molar-refractivity contribution in [1.82, 2.24) is 14.5 Å². The van der Waals surface area contributed by atoms with Gasteiger partial charge in [-0.1, -0.05) is 17.8 Å². The molecule has 2 aromatic heterocycles. The van der Waals surface area contributed by atoms with E-state index in [4.69, 9.17) is 0 Å². The third kappa shape index (κ3) is 5.92. The summed E-state index contributed by atoms with van der Waals surface area (Å²) in [6.07, 6.45) is -0.676. The number of halogens is 3. The van der Waals surface area contributed by atoms with Crippen molar-refractivity contribution in [3.63, 3.8) is 0 Å². The van der Waals surface area contributed by atoms with Crippen LogP contribution in [0.4, 0.5) is 18.9 Å². The predicted octanol–water partition coefficient (Wildman–Crippen LogP) is 3.80. The number of anilines is 1. The summed E-state index contributed by atoms with van der Waals surface area (Å²) in [7, 11) is 0. The second kappa shape index (κ2) is 9.65. The summed E-state index contributed by atoms with van der Waals surface area (Å²) in [5, 5.41) is 3.15. The molecule has 33 heavy (non-hydrogen) atoms. The summed E-state index contributed by atoms with van der Waals surface area (Å²) >= 11 is 1.17. The van der Waals surface area contributed by atoms with Crippen molar-refractivity contribution in [3.05, 3.63) is 76.1 Å². The Hall–Kier alpha value is -3.34. The molecule has 0 radical (unpaired) electrons. The first-order valence-electron chi connectivity index (χ1n) is 10.1. The fourth-order valence-electron chi connectivity index (χ4n) is 3.59. The Bertz CT molecular complexity index is 1200. The van der Waals surface area contributed by atoms with Gasteiger partial charge in [-0.3, -0.25) is 14.3 Å². The van der Waals surface area contributed by atoms with E-state index in [-0.39, 0.29) is 23.1 Å². The van der Waals surface area contributed by atoms with Crippen LogP contribution in [0.3, 0.4) is 0 Å². The molecular formula is C22H19F3N4O3S. The van der Waals surface area contributed by atoms with Crippen molar-refractivity contribution in [3.8, 4) is 5.75 Å². The van der Waals surface area contributed by atoms with Gasteiger partial charge in [0.1, 0.15) is 10.8 Å². The molecule has 0 fully saturated rings. The molecule has 1 aliphatic rings. The maximum atomic E-state index is 12.7. The molecule has 0 atom stereocenters. The molecule has 0 aliphatic heterocycles. The molecule has 7 nitrogen and oxygen atoms in total. The zero-order chi connectivity index (χ0) is 23.4. The van der Waals surface area contributed by atoms with E-state index in [2.05, 4.69) is 20.0 Å². The fourth-order valence-corrected chi connectivity index (χ4v) is 4.47. The molecule has 1 amide bonds. The minimum atomic E-state index is -4.78. The zero-order valence-corrected chi connectivity index (χ0v) is 18.1. The van der Waals surface area contributed by atoms with Gasteiger partial charge in [0.2, 0.25) is 5.91 Å². The first-order chi connectivity index (χ1) is 15.8. The maximum absolute atomic E-state index is 12.7. The molecule has 0 unspecified atom stereocenters. The van der Waals surface area contributed by atoms with E-state index in [0.29, 0.717) is 17.3 Å². The number of thioether (sulfide) groups is 1. The van der Waals surface area contributed by atoms with Gasteiger partial charge in [0, 0.05) is 23.1 Å². The van der Waals surface area contributed by atoms with Gasteiger partial charge in [0.05, 0.1) is 18.0 Å². The van der Waals surface area contributed by atoms with Crippen LogP contribution in [0.1, 0.15) is 23.4 Å². The number of benzene rings is 1. The lowest BCUT2D eigenvalue weighted by atomic mass is 10.2. The van der Waals surface area contributed by atoms with Gasteiger partial charge < -0.3 is 10.1 Å². The van der Waals surface area contributed by atoms with Gasteiger partial charge in [-0.15, -0.1) is 13.2 Å². The number of hydrogen-bond donors (Lipinski definition) is 1. The first-order valence-corrected chi connectivity index (χ1v) is 11.1. The Labute approximate surface area is 191 Å². The van der Waals surface area contributed by atoms with Crippen molar-refractivity contribution < 1.29 is 22.7 Å². The van der Waals surface area contributed by atoms with Gasteiger partial charge in [-0.2, -0.15) is 4.98 Å². The summed E-state index contributed by atoms with van der Waals surface area (Å²) in [5.41, 5.74) is 2.60. The molecule has 172 valence electrons. The van der Waals surface area contributed by atoms with Gasteiger partial charge in [-0.25, -0.2) is 4.79 Å². The fraction of sp³-hybridized carbons (Fsp3) is 0.273. The number of amides is 1. The van der Waals surface area contributed by atoms with Crippen LogP contribution in [-0.2, 0) is 24.2 Å². The lowest BCUT2D eigenvalue weighted by Crippen LogP contribution is -2.28. The van der Waals surface area contributed by atoms with Crippen molar-refractivity contribution in [2.24, 2.45) is 0 Å². The zero-order valence-electron chi connectivity index (χ0n) is 17.3. The number of pyridine rings is 1. The van der Waals surface area contributed by atoms with E-state index in [9.17, 15) is 22.8 Å². The normalized spacial score (nSPS) is 12.9. The average Bonchev–Trinajstić information content (AvgIpc) is 3.26. The number of carbonyl (C=O) groups is 1. The van der Waals surface area contributed by atoms with Crippen LogP contribution < -0.4 is 15.7 Å². The molecule has 2 heterocycles. The van der Waals surface area contributed by atoms with E-state index < -0.39 is 6.36 Å². The summed E-state index contributed by atoms with van der Waals surface area (Å²) in [6, 6.07) is 10.4. The standard InChI is InChI=1S/C22H19F3N4O3S/c23-22(24,25)32-16-9-7-14(8-10-16)27-19(30)13-33-20-17-5-3-6-18(17)29(21(31)28-20)12-15-4-1-2-11-26-15/h1-2,4,7-11H,3,5-6,12-13H2,(H,27,30). The van der Waals surface area contributed by atoms with Gasteiger partial charge in [0.15, 0.2) is 0 Å². The van der Waals surface area contributed by atoms with Crippen molar-refractivity contribution in [2.75, 3.05) is 11.1 Å². The maximum Gasteiger partial charge on any atom is 0.573 e. The molecule has 0 saturated heterocycles. The Morgan fingerprint density at radius 1 is 1.15 bits per heavy atom. The van der Waals surface area contributed by atoms with Crippen LogP contribution in [-0.4, -0.2) is 32.6 Å². The van der Waals surface area contributed by atoms with Crippen LogP contribution in [0.5, 0.6) is 5.75 Å². The lowest BCUT2D eigenvalue weighted by molar-refractivity contribution is -0.274. The number of rotatable bonds is 7. The van der Waals surface area contributed by atoms with Gasteiger partial charge in [-0.05, 0) is 55.7 Å². The highest BCUT2D eigenvalue weighted by Crippen LogP contribution is 2.30. The van der Waals surface area contributed by atoms with E-state index in [1.807, 2.05) is 18.2 Å². The topological polar surface area (TPSA) is 86.1 Å². The average molecular weight is 476 g/mol. The van der Waals surface area contributed by atoms with Crippen LogP contribution in [0.2, 0.25) is 0 Å². The summed E-state index contributed by atoms with van der Waals surface area (Å²) < 4.78 is 42.2. The second-order valence-corrected chi connectivity index (χ2v) is 8.26. The van der Waals surface area contributed by atoms with Crippen molar-refractivity contribution in [2.45, 2.75) is 37.2 Å². The Morgan fingerprint density at radius 2 is 1.94 bits per heavy atom. The van der Waals surface area contributed by atoms with Crippen LogP contribution in [0.15, 0.2) is 58.5 Å². The van der Waals surface area contributed by atoms with E-state index in [1.165, 1.54) is 23.9 Å². The van der Waals surface area contributed by atoms with Crippen LogP contribution in [0.25, 0.3) is 0 Å². The number of alkyl halides is 3. The number of carbonyl (C=O) groups excluding carboxylic acids is 1. The predicted molar refractivity (Wildman–Crippen MR) is 116 cm³/mol. The minimum Gasteiger partial charge on any atom is -0.406 e. The Morgan fingerprint density at radius 3 is 2.64 bits per heavy atom. The highest BCUT2D eigenvalue weighted by molar-refractivity contribution is 8.00. The van der Waals surface area contributed by atoms with Crippen molar-refractivity contribution in [1.29, 1.82) is 0 Å². The van der Waals surface area contributed by atoms with Crippen LogP contribution in [0, 0.1) is 0 Å². The largest absolute Gasteiger partial charge is 0.573 e. The molecule has 1 aromatic carbocycles. The molecule has 1 aliphatic carbocycles. The smallest absolute Gasteiger partial charge is 0.406 e. The van der Waals surface area contributed by atoms with E-state index in [1.54, 1.807) is 10.8 Å². The molecule has 0 spiro atoms. The van der Waals surface area contributed by atoms with E-state index in [0.717, 1.165) is 48.3 Å². The first kappa shape index (κ1) is 22.8. The SMILES string of the molecule is O=C(CSc1nc(=O)n(Cc2ccccn2)c2c1CCC2)Nc1ccc(OC(F)(F)F)cc1. The highest BCUT2D eigenvalue weighted by atomic mass is 32.2. The van der Waals surface area contributed by atoms with E-state index >= 15 is 0 Å². The second-order valence-electron chi connectivity index (χ2n) is 7.29.